The molecule has 0 saturated carbocycles. The summed E-state index contributed by atoms with van der Waals surface area (Å²) in [5, 5.41) is 12.0. The van der Waals surface area contributed by atoms with Crippen molar-refractivity contribution in [1.82, 2.24) is 15.1 Å². The molecule has 1 aliphatic heterocycles. The molecule has 1 heterocycles. The van der Waals surface area contributed by atoms with Gasteiger partial charge >= 0.3 is 6.03 Å². The number of nitrogens with one attached hydrogen (secondary N) is 1. The van der Waals surface area contributed by atoms with Crippen LogP contribution in [0.25, 0.3) is 0 Å². The van der Waals surface area contributed by atoms with Gasteiger partial charge in [0.2, 0.25) is 0 Å². The number of β-amino-alcohol motifs (C(OH)–C–C–N with tert-alkyl or cyclic N) is 1. The Labute approximate surface area is 91.0 Å². The molecule has 1 saturated heterocycles. The van der Waals surface area contributed by atoms with Gasteiger partial charge in [-0.3, -0.25) is 4.90 Å². The minimum absolute atomic E-state index is 0.0224. The predicted molar refractivity (Wildman–Crippen MR) is 58.8 cm³/mol. The van der Waals surface area contributed by atoms with Gasteiger partial charge in [0.15, 0.2) is 0 Å². The summed E-state index contributed by atoms with van der Waals surface area (Å²) in [7, 11) is 0. The number of nitrogens with zero attached hydrogens (tertiary/aromatic N) is 2. The molecular weight excluding hydrogens is 194 g/mol. The number of hydrogen-bond donors (Lipinski definition) is 2. The van der Waals surface area contributed by atoms with Crippen LogP contribution in [0.5, 0.6) is 0 Å². The van der Waals surface area contributed by atoms with Crippen molar-refractivity contribution in [2.45, 2.75) is 20.0 Å². The molecule has 0 aromatic heterocycles. The van der Waals surface area contributed by atoms with E-state index in [0.29, 0.717) is 13.1 Å². The Hall–Kier alpha value is -0.810. The van der Waals surface area contributed by atoms with E-state index in [9.17, 15) is 9.90 Å². The van der Waals surface area contributed by atoms with Crippen LogP contribution in [0.15, 0.2) is 0 Å². The molecule has 1 atom stereocenters. The number of carbonyl (C=O) groups is 1. The summed E-state index contributed by atoms with van der Waals surface area (Å²) < 4.78 is 0. The monoisotopic (exact) mass is 215 g/mol. The highest BCUT2D eigenvalue weighted by molar-refractivity contribution is 5.74. The van der Waals surface area contributed by atoms with Crippen molar-refractivity contribution in [2.24, 2.45) is 0 Å². The Bertz CT molecular complexity index is 201. The van der Waals surface area contributed by atoms with Gasteiger partial charge in [0, 0.05) is 39.3 Å². The maximum atomic E-state index is 11.5. The van der Waals surface area contributed by atoms with Gasteiger partial charge in [-0.25, -0.2) is 4.79 Å². The first-order valence-corrected chi connectivity index (χ1v) is 5.56. The summed E-state index contributed by atoms with van der Waals surface area (Å²) in [6, 6.07) is 0.0224. The van der Waals surface area contributed by atoms with Crippen molar-refractivity contribution in [3.63, 3.8) is 0 Å². The molecule has 1 aliphatic rings. The van der Waals surface area contributed by atoms with Gasteiger partial charge in [-0.15, -0.1) is 0 Å². The number of piperazine rings is 1. The van der Waals surface area contributed by atoms with E-state index in [0.717, 1.165) is 26.2 Å². The number of hydrogen-bond acceptors (Lipinski definition) is 3. The summed E-state index contributed by atoms with van der Waals surface area (Å²) in [5.41, 5.74) is 0. The fourth-order valence-electron chi connectivity index (χ4n) is 1.77. The number of carbonyl (C=O) groups excluding carboxylic acids is 1. The number of amides is 2. The van der Waals surface area contributed by atoms with E-state index in [1.807, 2.05) is 11.8 Å². The van der Waals surface area contributed by atoms with Crippen molar-refractivity contribution in [2.75, 3.05) is 39.3 Å². The van der Waals surface area contributed by atoms with Crippen LogP contribution in [-0.4, -0.2) is 66.3 Å². The van der Waals surface area contributed by atoms with Crippen molar-refractivity contribution in [3.8, 4) is 0 Å². The van der Waals surface area contributed by atoms with Crippen LogP contribution in [0.4, 0.5) is 4.79 Å². The van der Waals surface area contributed by atoms with Crippen LogP contribution in [0.3, 0.4) is 0 Å². The summed E-state index contributed by atoms with van der Waals surface area (Å²) in [6.07, 6.45) is -0.291. The lowest BCUT2D eigenvalue weighted by atomic mass is 10.3. The van der Waals surface area contributed by atoms with E-state index in [2.05, 4.69) is 10.2 Å². The fraction of sp³-hybridized carbons (Fsp3) is 0.900. The first-order chi connectivity index (χ1) is 7.13. The summed E-state index contributed by atoms with van der Waals surface area (Å²) >= 11 is 0. The second-order valence-corrected chi connectivity index (χ2v) is 3.97. The molecule has 1 fully saturated rings. The van der Waals surface area contributed by atoms with Gasteiger partial charge in [-0.1, -0.05) is 0 Å². The SMILES string of the molecule is CCNC(=O)N1CCN(C[C@H](C)O)CC1. The van der Waals surface area contributed by atoms with E-state index in [4.69, 9.17) is 0 Å². The second-order valence-electron chi connectivity index (χ2n) is 3.97. The van der Waals surface area contributed by atoms with E-state index in [-0.39, 0.29) is 12.1 Å². The Morgan fingerprint density at radius 2 is 2.00 bits per heavy atom. The Balaban J connectivity index is 2.26. The van der Waals surface area contributed by atoms with Crippen molar-refractivity contribution in [1.29, 1.82) is 0 Å². The van der Waals surface area contributed by atoms with E-state index in [1.54, 1.807) is 6.92 Å². The van der Waals surface area contributed by atoms with Crippen LogP contribution >= 0.6 is 0 Å². The maximum absolute atomic E-state index is 11.5. The Kier molecular flexibility index (Phi) is 4.84. The first-order valence-electron chi connectivity index (χ1n) is 5.56. The quantitative estimate of drug-likeness (QED) is 0.680. The molecule has 5 nitrogen and oxygen atoms in total. The third kappa shape index (κ3) is 4.05. The highest BCUT2D eigenvalue weighted by Crippen LogP contribution is 2.02. The smallest absolute Gasteiger partial charge is 0.317 e. The Morgan fingerprint density at radius 3 is 2.47 bits per heavy atom. The molecule has 0 unspecified atom stereocenters. The van der Waals surface area contributed by atoms with Crippen molar-refractivity contribution < 1.29 is 9.90 Å². The molecule has 88 valence electrons. The molecule has 0 aromatic rings. The van der Waals surface area contributed by atoms with Gasteiger partial charge in [0.1, 0.15) is 0 Å². The van der Waals surface area contributed by atoms with E-state index >= 15 is 0 Å². The zero-order valence-corrected chi connectivity index (χ0v) is 9.57. The zero-order chi connectivity index (χ0) is 11.3. The number of urea groups is 1. The normalized spacial score (nSPS) is 20.1. The van der Waals surface area contributed by atoms with Crippen LogP contribution in [0.1, 0.15) is 13.8 Å². The molecule has 5 heteroatoms. The van der Waals surface area contributed by atoms with Crippen LogP contribution in [-0.2, 0) is 0 Å². The third-order valence-corrected chi connectivity index (χ3v) is 2.51. The molecule has 0 aliphatic carbocycles. The fourth-order valence-corrected chi connectivity index (χ4v) is 1.77. The lowest BCUT2D eigenvalue weighted by Crippen LogP contribution is -2.52. The molecule has 2 amide bonds. The van der Waals surface area contributed by atoms with Crippen molar-refractivity contribution >= 4 is 6.03 Å². The minimum atomic E-state index is -0.291. The molecule has 0 bridgehead atoms. The van der Waals surface area contributed by atoms with Gasteiger partial charge < -0.3 is 15.3 Å². The molecule has 0 radical (unpaired) electrons. The number of rotatable bonds is 3. The summed E-state index contributed by atoms with van der Waals surface area (Å²) in [4.78, 5) is 15.5. The average molecular weight is 215 g/mol. The molecule has 0 aromatic carbocycles. The number of aliphatic hydroxyl groups excluding tert-OH is 1. The Morgan fingerprint density at radius 1 is 1.40 bits per heavy atom. The topological polar surface area (TPSA) is 55.8 Å². The van der Waals surface area contributed by atoms with Gasteiger partial charge in [0.05, 0.1) is 6.10 Å². The predicted octanol–water partition coefficient (Wildman–Crippen LogP) is -0.286. The highest BCUT2D eigenvalue weighted by Gasteiger charge is 2.20. The van der Waals surface area contributed by atoms with Crippen LogP contribution in [0.2, 0.25) is 0 Å². The largest absolute Gasteiger partial charge is 0.392 e. The molecule has 15 heavy (non-hydrogen) atoms. The maximum Gasteiger partial charge on any atom is 0.317 e. The summed E-state index contributed by atoms with van der Waals surface area (Å²) in [5.74, 6) is 0. The van der Waals surface area contributed by atoms with E-state index in [1.165, 1.54) is 0 Å². The molecular formula is C10H21N3O2. The summed E-state index contributed by atoms with van der Waals surface area (Å²) in [6.45, 7) is 8.27. The van der Waals surface area contributed by atoms with Gasteiger partial charge in [-0.05, 0) is 13.8 Å². The third-order valence-electron chi connectivity index (χ3n) is 2.51. The lowest BCUT2D eigenvalue weighted by molar-refractivity contribution is 0.0899. The standard InChI is InChI=1S/C10H21N3O2/c1-3-11-10(15)13-6-4-12(5-7-13)8-9(2)14/h9,14H,3-8H2,1-2H3,(H,11,15)/t9-/m0/s1. The molecule has 2 N–H and O–H groups in total. The van der Waals surface area contributed by atoms with Crippen molar-refractivity contribution in [3.05, 3.63) is 0 Å². The van der Waals surface area contributed by atoms with Gasteiger partial charge in [-0.2, -0.15) is 0 Å². The molecule has 0 spiro atoms. The second kappa shape index (κ2) is 5.92. The van der Waals surface area contributed by atoms with Crippen LogP contribution < -0.4 is 5.32 Å². The molecule has 1 rings (SSSR count). The first kappa shape index (κ1) is 12.3. The average Bonchev–Trinajstić information content (AvgIpc) is 2.18. The minimum Gasteiger partial charge on any atom is -0.392 e. The lowest BCUT2D eigenvalue weighted by Gasteiger charge is -2.35. The number of aliphatic hydroxyl groups is 1. The van der Waals surface area contributed by atoms with E-state index < -0.39 is 0 Å². The zero-order valence-electron chi connectivity index (χ0n) is 9.57. The van der Waals surface area contributed by atoms with Crippen LogP contribution in [0, 0.1) is 0 Å². The highest BCUT2D eigenvalue weighted by atomic mass is 16.3. The van der Waals surface area contributed by atoms with Gasteiger partial charge in [0.25, 0.3) is 0 Å².